The molecule has 0 aliphatic carbocycles. The molecule has 6 aliphatic rings. The van der Waals surface area contributed by atoms with Crippen LogP contribution in [0, 0.1) is 5.95 Å². The van der Waals surface area contributed by atoms with Gasteiger partial charge in [-0.3, -0.25) is 43.2 Å². The van der Waals surface area contributed by atoms with Crippen LogP contribution in [0.5, 0.6) is 63.2 Å². The van der Waals surface area contributed by atoms with Gasteiger partial charge in [0.25, 0.3) is 35.4 Å². The van der Waals surface area contributed by atoms with E-state index in [0.717, 1.165) is 11.8 Å². The maximum atomic E-state index is 13.1. The monoisotopic (exact) mass is 2640 g/mol. The van der Waals surface area contributed by atoms with E-state index in [-0.39, 0.29) is 85.5 Å². The Morgan fingerprint density at radius 2 is 0.603 bits per heavy atom. The molecule has 5 aromatic carbocycles. The van der Waals surface area contributed by atoms with Gasteiger partial charge in [0, 0.05) is 44.9 Å². The molecule has 0 unspecified atom stereocenters. The van der Waals surface area contributed by atoms with Crippen molar-refractivity contribution in [2.75, 3.05) is 31.9 Å². The molecule has 18 rings (SSSR count). The van der Waals surface area contributed by atoms with E-state index < -0.39 is 53.4 Å². The van der Waals surface area contributed by atoms with Crippen molar-refractivity contribution < 1.29 is 100 Å². The fraction of sp³-hybridized carbons (Fsp3) is 0.0341. The fourth-order valence-corrected chi connectivity index (χ4v) is 19.0. The first-order valence-electron chi connectivity index (χ1n) is 37.8. The van der Waals surface area contributed by atoms with Crippen molar-refractivity contribution in [2.45, 2.75) is 20.8 Å². The zero-order valence-electron chi connectivity index (χ0n) is 68.1. The predicted octanol–water partition coefficient (Wildman–Crippen LogP) is 23.8. The van der Waals surface area contributed by atoms with E-state index >= 15 is 0 Å². The van der Waals surface area contributed by atoms with Crippen molar-refractivity contribution in [2.24, 2.45) is 0 Å². The molecule has 13 heterocycles. The summed E-state index contributed by atoms with van der Waals surface area (Å²) in [6, 6.07) is 39.8. The number of halogens is 15. The average Bonchev–Trinajstić information content (AvgIpc) is 1.04. The van der Waals surface area contributed by atoms with Gasteiger partial charge >= 0.3 is 17.9 Å². The lowest BCUT2D eigenvalue weighted by atomic mass is 10.2. The molecule has 0 saturated heterocycles. The lowest BCUT2D eigenvalue weighted by molar-refractivity contribution is -0.132. The topological polar surface area (TPSA) is 442 Å². The lowest BCUT2D eigenvalue weighted by Crippen LogP contribution is -2.24. The molecule has 33 nitrogen and oxygen atoms in total. The number of ether oxygens (including phenoxy) is 9. The van der Waals surface area contributed by atoms with Gasteiger partial charge in [0.1, 0.15) is 31.0 Å². The van der Waals surface area contributed by atoms with Crippen LogP contribution in [-0.2, 0) is 43.2 Å². The lowest BCUT2D eigenvalue weighted by Gasteiger charge is -2.19. The molecule has 0 saturated carbocycles. The van der Waals surface area contributed by atoms with Gasteiger partial charge in [0.2, 0.25) is 5.95 Å². The highest BCUT2D eigenvalue weighted by Crippen LogP contribution is 2.44. The van der Waals surface area contributed by atoms with E-state index in [9.17, 15) is 57.8 Å². The Bertz CT molecular complexity index is 6570. The number of H-pyrrole nitrogens is 1. The van der Waals surface area contributed by atoms with Crippen LogP contribution < -0.4 is 74.5 Å². The van der Waals surface area contributed by atoms with E-state index in [1.807, 2.05) is 12.1 Å². The van der Waals surface area contributed by atoms with Crippen LogP contribution in [0.25, 0.3) is 36.5 Å². The minimum atomic E-state index is -0.719. The molecule has 48 heteroatoms. The smallest absolute Gasteiger partial charge is 0.308 e. The minimum Gasteiger partial charge on any atom is -0.506 e. The Kier molecular flexibility index (Phi) is 34.3. The number of pyridine rings is 6. The maximum Gasteiger partial charge on any atom is 0.308 e. The Morgan fingerprint density at radius 1 is 0.338 bits per heavy atom. The Hall–Kier alpha value is -11.4. The summed E-state index contributed by atoms with van der Waals surface area (Å²) in [6.07, 6.45) is 12.8. The summed E-state index contributed by atoms with van der Waals surface area (Å²) < 4.78 is 68.2. The van der Waals surface area contributed by atoms with Crippen molar-refractivity contribution >= 4 is 339 Å². The van der Waals surface area contributed by atoms with Crippen LogP contribution in [0.1, 0.15) is 54.3 Å². The number of aromatic amines is 1. The summed E-state index contributed by atoms with van der Waals surface area (Å²) in [7, 11) is 0. The number of nitrogens with one attached hydrogen (secondary N) is 7. The molecule has 7 aromatic heterocycles. The number of esters is 3. The molecule has 0 fully saturated rings. The number of hydrogen-bond acceptors (Lipinski definition) is 26. The Morgan fingerprint density at radius 3 is 0.904 bits per heavy atom. The van der Waals surface area contributed by atoms with E-state index in [2.05, 4.69) is 258 Å². The molecule has 136 heavy (non-hydrogen) atoms. The first-order valence-corrected chi connectivity index (χ1v) is 48.0. The highest BCUT2D eigenvalue weighted by molar-refractivity contribution is 9.12. The maximum absolute atomic E-state index is 13.1. The summed E-state index contributed by atoms with van der Waals surface area (Å²) in [5, 5.41) is 35.6. The second-order valence-corrected chi connectivity index (χ2v) is 38.1. The zero-order chi connectivity index (χ0) is 97.8. The molecular weight excluding hydrogens is 2610 g/mol. The number of carbonyl (C=O) groups excluding carboxylic acids is 9. The van der Waals surface area contributed by atoms with Gasteiger partial charge in [-0.25, -0.2) is 24.9 Å². The highest BCUT2D eigenvalue weighted by atomic mass is 79.9. The van der Waals surface area contributed by atoms with Crippen LogP contribution in [0.3, 0.4) is 0 Å². The molecule has 692 valence electrons. The fourth-order valence-electron chi connectivity index (χ4n) is 11.5. The molecule has 9 N–H and O–H groups in total. The molecule has 0 bridgehead atoms. The summed E-state index contributed by atoms with van der Waals surface area (Å²) in [6.45, 7) is 3.93. The third-order valence-corrected chi connectivity index (χ3v) is 24.5. The second kappa shape index (κ2) is 45.7. The first-order chi connectivity index (χ1) is 64.7. The van der Waals surface area contributed by atoms with Crippen molar-refractivity contribution in [3.63, 3.8) is 0 Å². The third kappa shape index (κ3) is 26.9. The van der Waals surface area contributed by atoms with Crippen LogP contribution in [0.4, 0.5) is 39.3 Å². The van der Waals surface area contributed by atoms with Crippen LogP contribution in [0.15, 0.2) is 246 Å². The number of amides is 6. The number of anilines is 6. The largest absolute Gasteiger partial charge is 0.506 e. The van der Waals surface area contributed by atoms with E-state index in [4.69, 9.17) is 65.8 Å². The predicted molar refractivity (Wildman–Crippen MR) is 541 cm³/mol. The standard InChI is InChI=1S/C16H9Br3N2O4.C16H9Br2ClN2O4.C16H9Br2FN2O4.C14H7Br3N2O3.C14H7Br2ClN2O3.C12H9N3O2/c3*1-7(22)24-14-9(17)4-8(5-10(14)18)6-12-16(23)21-15-11(25-12)2-3-13(19)20-15;2*15-7-3-6(4-8(16)12(7)20)5-10-14(21)19-13-9(22-10)1-2-11(17)18-13;16-12-10(7-8-3-1-5-13-8)17-9-4-2-6-14-11(9)15-12/h3*2-6H,1H3,(H,20,21,23);2*1-5,20H,(H,18,19,21);1-7,13H,(H,14,15,16)/b3*12-6-;2*10-5-;10-7-. The van der Waals surface area contributed by atoms with Gasteiger partial charge in [-0.1, -0.05) is 23.2 Å². The van der Waals surface area contributed by atoms with Crippen molar-refractivity contribution in [1.82, 2.24) is 34.9 Å². The third-order valence-electron chi connectivity index (χ3n) is 17.2. The van der Waals surface area contributed by atoms with E-state index in [1.54, 1.807) is 164 Å². The number of aromatic nitrogens is 7. The first kappa shape index (κ1) is 102. The molecular formula is C88H50Br12Cl2FN13O20. The normalized spacial score (nSPS) is 15.0. The van der Waals surface area contributed by atoms with Crippen LogP contribution >= 0.6 is 214 Å². The second-order valence-electron chi connectivity index (χ2n) is 27.2. The number of fused-ring (bicyclic) bond motifs is 6. The summed E-state index contributed by atoms with van der Waals surface area (Å²) >= 11 is 51.0. The number of benzene rings is 5. The van der Waals surface area contributed by atoms with Crippen molar-refractivity contribution in [1.29, 1.82) is 0 Å². The number of aromatic hydroxyl groups is 2. The number of rotatable bonds is 9. The van der Waals surface area contributed by atoms with Crippen LogP contribution in [0.2, 0.25) is 10.3 Å². The number of carbonyl (C=O) groups is 9. The molecule has 0 radical (unpaired) electrons. The number of nitrogens with zero attached hydrogens (tertiary/aromatic N) is 6. The molecule has 0 spiro atoms. The van der Waals surface area contributed by atoms with Crippen molar-refractivity contribution in [3.05, 3.63) is 296 Å². The minimum absolute atomic E-state index is 0.0138. The van der Waals surface area contributed by atoms with Gasteiger partial charge in [-0.15, -0.1) is 0 Å². The van der Waals surface area contributed by atoms with E-state index in [1.165, 1.54) is 32.9 Å². The molecule has 0 atom stereocenters. The summed E-state index contributed by atoms with van der Waals surface area (Å²) in [5.41, 5.74) is 4.11. The Labute approximate surface area is 877 Å². The summed E-state index contributed by atoms with van der Waals surface area (Å²) in [5.74, 6) is 1.60. The van der Waals surface area contributed by atoms with Crippen LogP contribution in [-0.4, -0.2) is 98.5 Å². The molecule has 6 aliphatic heterocycles. The van der Waals surface area contributed by atoms with E-state index in [0.29, 0.717) is 145 Å². The molecule has 6 amide bonds. The van der Waals surface area contributed by atoms with Gasteiger partial charge < -0.3 is 89.7 Å². The van der Waals surface area contributed by atoms with Gasteiger partial charge in [-0.2, -0.15) is 9.37 Å². The van der Waals surface area contributed by atoms with Crippen molar-refractivity contribution in [3.8, 4) is 63.2 Å². The van der Waals surface area contributed by atoms with Gasteiger partial charge in [-0.05, 0) is 395 Å². The quantitative estimate of drug-likeness (QED) is 0.0280. The zero-order valence-corrected chi connectivity index (χ0v) is 88.6. The summed E-state index contributed by atoms with van der Waals surface area (Å²) in [4.78, 5) is 133. The average molecular weight is 2660 g/mol. The number of hydrogen-bond donors (Lipinski definition) is 9. The number of phenols is 2. The van der Waals surface area contributed by atoms with Gasteiger partial charge in [0.05, 0.1) is 44.7 Å². The SMILES string of the molecule is CC(=O)Oc1c(Br)cc(/C=C2\Oc3ccc(Br)nc3NC2=O)cc1Br.CC(=O)Oc1c(Br)cc(/C=C2\Oc3ccc(Cl)nc3NC2=O)cc1Br.CC(=O)Oc1c(Br)cc(/C=C2\Oc3ccc(F)nc3NC2=O)cc1Br.O=C1Nc2nc(Br)ccc2O/C1=C\c1cc(Br)c(O)c(Br)c1.O=C1Nc2nc(Cl)ccc2O/C1=C\c1cc(Br)c(O)c(Br)c1.O=C1Nc2ncccc2O/C1=C\c1ccc[nH]1. The highest BCUT2D eigenvalue weighted by Gasteiger charge is 2.31. The number of phenolic OH excluding ortho intramolecular Hbond substituents is 2. The molecule has 12 aromatic rings. The Balaban J connectivity index is 0.000000139. The van der Waals surface area contributed by atoms with Gasteiger partial charge in [0.15, 0.2) is 121 Å².